The summed E-state index contributed by atoms with van der Waals surface area (Å²) in [5.41, 5.74) is 7.00. The number of likely N-dealkylation sites (tertiary alicyclic amines) is 1. The maximum absolute atomic E-state index is 14.4. The highest BCUT2D eigenvalue weighted by molar-refractivity contribution is 5.93. The van der Waals surface area contributed by atoms with Crippen LogP contribution < -0.4 is 16.4 Å². The Kier molecular flexibility index (Phi) is 8.65. The zero-order valence-electron chi connectivity index (χ0n) is 24.2. The molecule has 0 radical (unpaired) electrons. The molecule has 1 fully saturated rings. The minimum Gasteiger partial charge on any atom is -0.362 e. The minimum atomic E-state index is -1.17. The number of hydrazine groups is 1. The van der Waals surface area contributed by atoms with Crippen LogP contribution in [0.15, 0.2) is 66.9 Å². The molecule has 40 heavy (non-hydrogen) atoms. The fraction of sp³-hybridized carbons (Fsp3) is 0.452. The lowest BCUT2D eigenvalue weighted by atomic mass is 9.73. The zero-order valence-corrected chi connectivity index (χ0v) is 24.2. The highest BCUT2D eigenvalue weighted by atomic mass is 16.2. The lowest BCUT2D eigenvalue weighted by Crippen LogP contribution is -2.62. The largest absolute Gasteiger partial charge is 0.362 e. The second-order valence-electron chi connectivity index (χ2n) is 11.8. The molecule has 2 heterocycles. The van der Waals surface area contributed by atoms with Crippen molar-refractivity contribution in [3.05, 3.63) is 78.0 Å². The Balaban J connectivity index is 1.71. The molecule has 3 amide bonds. The van der Waals surface area contributed by atoms with Gasteiger partial charge in [-0.05, 0) is 56.5 Å². The third-order valence-corrected chi connectivity index (χ3v) is 7.98. The molecule has 214 valence electrons. The number of piperidine rings is 1. The van der Waals surface area contributed by atoms with Crippen LogP contribution >= 0.6 is 0 Å². The summed E-state index contributed by atoms with van der Waals surface area (Å²) in [6, 6.07) is 16.8. The molecule has 0 bridgehead atoms. The number of fused-ring (bicyclic) bond motifs is 1. The summed E-state index contributed by atoms with van der Waals surface area (Å²) in [6.07, 6.45) is 5.55. The first-order valence-electron chi connectivity index (χ1n) is 13.8. The predicted octanol–water partition coefficient (Wildman–Crippen LogP) is 2.72. The third-order valence-electron chi connectivity index (χ3n) is 7.98. The number of hydrogen-bond donors (Lipinski definition) is 3. The van der Waals surface area contributed by atoms with Crippen LogP contribution in [0.3, 0.4) is 0 Å². The van der Waals surface area contributed by atoms with Gasteiger partial charge in [-0.2, -0.15) is 0 Å². The fourth-order valence-corrected chi connectivity index (χ4v) is 5.61. The number of benzene rings is 2. The molecular formula is C31H42N6O3. The summed E-state index contributed by atoms with van der Waals surface area (Å²) in [5, 5.41) is 9.59. The Bertz CT molecular complexity index is 1260. The van der Waals surface area contributed by atoms with Crippen LogP contribution in [0.2, 0.25) is 0 Å². The molecule has 0 aliphatic carbocycles. The molecule has 2 aromatic carbocycles. The van der Waals surface area contributed by atoms with Crippen molar-refractivity contribution in [1.29, 1.82) is 0 Å². The van der Waals surface area contributed by atoms with Gasteiger partial charge >= 0.3 is 0 Å². The maximum atomic E-state index is 14.4. The van der Waals surface area contributed by atoms with Crippen molar-refractivity contribution in [1.82, 2.24) is 20.2 Å². The molecule has 0 saturated carbocycles. The first-order valence-corrected chi connectivity index (χ1v) is 13.8. The molecule has 1 saturated heterocycles. The first kappa shape index (κ1) is 29.3. The molecule has 4 rings (SSSR count). The Labute approximate surface area is 237 Å². The molecular weight excluding hydrogens is 504 g/mol. The van der Waals surface area contributed by atoms with Gasteiger partial charge in [-0.3, -0.25) is 19.4 Å². The fourth-order valence-electron chi connectivity index (χ4n) is 5.61. The number of anilines is 1. The van der Waals surface area contributed by atoms with E-state index in [1.165, 1.54) is 0 Å². The molecule has 2 aromatic rings. The second kappa shape index (κ2) is 11.8. The average Bonchev–Trinajstić information content (AvgIpc) is 2.94. The van der Waals surface area contributed by atoms with Crippen LogP contribution in [-0.2, 0) is 20.8 Å². The SMILES string of the molecule is CN(C)N(C)C(=O)[C@@]1(Cc2ccccc2)CCCN(C(=O)[C@H](NC(=O)C(C)(C)N)C2C=CNc3ccccc32)C1. The van der Waals surface area contributed by atoms with Gasteiger partial charge in [-0.15, -0.1) is 0 Å². The van der Waals surface area contributed by atoms with Gasteiger partial charge < -0.3 is 21.3 Å². The predicted molar refractivity (Wildman–Crippen MR) is 157 cm³/mol. The first-order chi connectivity index (χ1) is 18.9. The second-order valence-corrected chi connectivity index (χ2v) is 11.8. The lowest BCUT2D eigenvalue weighted by Gasteiger charge is -2.46. The van der Waals surface area contributed by atoms with Crippen LogP contribution in [0, 0.1) is 5.41 Å². The van der Waals surface area contributed by atoms with Gasteiger partial charge in [0, 0.05) is 45.8 Å². The summed E-state index contributed by atoms with van der Waals surface area (Å²) >= 11 is 0. The Morgan fingerprint density at radius 1 is 1.10 bits per heavy atom. The highest BCUT2D eigenvalue weighted by Gasteiger charge is 2.47. The van der Waals surface area contributed by atoms with E-state index < -0.39 is 28.8 Å². The van der Waals surface area contributed by atoms with Crippen LogP contribution in [0.5, 0.6) is 0 Å². The topological polar surface area (TPSA) is 111 Å². The van der Waals surface area contributed by atoms with Crippen molar-refractivity contribution in [3.8, 4) is 0 Å². The van der Waals surface area contributed by atoms with Crippen molar-refractivity contribution in [2.75, 3.05) is 39.5 Å². The van der Waals surface area contributed by atoms with Crippen molar-refractivity contribution in [3.63, 3.8) is 0 Å². The number of nitrogens with zero attached hydrogens (tertiary/aromatic N) is 3. The van der Waals surface area contributed by atoms with E-state index in [9.17, 15) is 14.4 Å². The maximum Gasteiger partial charge on any atom is 0.246 e. The number of amides is 3. The molecule has 4 N–H and O–H groups in total. The molecule has 2 aliphatic rings. The van der Waals surface area contributed by atoms with Gasteiger partial charge in [0.05, 0.1) is 11.0 Å². The van der Waals surface area contributed by atoms with E-state index in [-0.39, 0.29) is 18.4 Å². The van der Waals surface area contributed by atoms with E-state index >= 15 is 0 Å². The monoisotopic (exact) mass is 546 g/mol. The van der Waals surface area contributed by atoms with Crippen molar-refractivity contribution >= 4 is 23.4 Å². The summed E-state index contributed by atoms with van der Waals surface area (Å²) in [4.78, 5) is 43.3. The molecule has 0 spiro atoms. The van der Waals surface area contributed by atoms with Gasteiger partial charge in [0.1, 0.15) is 6.04 Å². The Morgan fingerprint density at radius 3 is 2.45 bits per heavy atom. The summed E-state index contributed by atoms with van der Waals surface area (Å²) in [6.45, 7) is 4.00. The number of nitrogens with two attached hydrogens (primary N) is 1. The van der Waals surface area contributed by atoms with Gasteiger partial charge in [0.2, 0.25) is 17.7 Å². The van der Waals surface area contributed by atoms with Crippen LogP contribution in [0.4, 0.5) is 5.69 Å². The van der Waals surface area contributed by atoms with Crippen molar-refractivity contribution in [2.45, 2.75) is 50.6 Å². The van der Waals surface area contributed by atoms with Gasteiger partial charge in [-0.25, -0.2) is 5.01 Å². The highest BCUT2D eigenvalue weighted by Crippen LogP contribution is 2.38. The molecule has 2 aliphatic heterocycles. The smallest absolute Gasteiger partial charge is 0.246 e. The lowest BCUT2D eigenvalue weighted by molar-refractivity contribution is -0.159. The van der Waals surface area contributed by atoms with Gasteiger partial charge in [0.15, 0.2) is 0 Å². The molecule has 9 heteroatoms. The van der Waals surface area contributed by atoms with Crippen LogP contribution in [0.25, 0.3) is 0 Å². The normalized spacial score (nSPS) is 21.3. The quantitative estimate of drug-likeness (QED) is 0.439. The molecule has 3 atom stereocenters. The summed E-state index contributed by atoms with van der Waals surface area (Å²) in [5.74, 6) is -1.07. The number of rotatable bonds is 8. The Hall–Kier alpha value is -3.69. The molecule has 1 unspecified atom stereocenters. The minimum absolute atomic E-state index is 0.0327. The summed E-state index contributed by atoms with van der Waals surface area (Å²) < 4.78 is 0. The van der Waals surface area contributed by atoms with Crippen molar-refractivity contribution < 1.29 is 14.4 Å². The molecule has 9 nitrogen and oxygen atoms in total. The van der Waals surface area contributed by atoms with Crippen LogP contribution in [0.1, 0.15) is 43.7 Å². The Morgan fingerprint density at radius 2 is 1.77 bits per heavy atom. The van der Waals surface area contributed by atoms with Gasteiger partial charge in [-0.1, -0.05) is 54.6 Å². The van der Waals surface area contributed by atoms with E-state index in [2.05, 4.69) is 10.6 Å². The zero-order chi connectivity index (χ0) is 29.1. The summed E-state index contributed by atoms with van der Waals surface area (Å²) in [7, 11) is 5.43. The average molecular weight is 547 g/mol. The number of hydrogen-bond acceptors (Lipinski definition) is 6. The third kappa shape index (κ3) is 6.21. The van der Waals surface area contributed by atoms with E-state index in [4.69, 9.17) is 5.73 Å². The van der Waals surface area contributed by atoms with E-state index in [1.807, 2.05) is 74.8 Å². The van der Waals surface area contributed by atoms with Crippen molar-refractivity contribution in [2.24, 2.45) is 11.1 Å². The van der Waals surface area contributed by atoms with Crippen LogP contribution in [-0.4, -0.2) is 78.5 Å². The van der Waals surface area contributed by atoms with E-state index in [0.29, 0.717) is 25.8 Å². The number of para-hydroxylation sites is 1. The number of carbonyl (C=O) groups excluding carboxylic acids is 3. The number of nitrogens with one attached hydrogen (secondary N) is 2. The van der Waals surface area contributed by atoms with E-state index in [0.717, 1.165) is 16.8 Å². The van der Waals surface area contributed by atoms with Gasteiger partial charge in [0.25, 0.3) is 0 Å². The molecule has 0 aromatic heterocycles. The van der Waals surface area contributed by atoms with E-state index in [1.54, 1.807) is 42.0 Å². The number of carbonyl (C=O) groups is 3. The standard InChI is InChI=1S/C31H42N6O3/c1-30(2,32)28(39)34-26(24-16-18-33-25-15-10-9-14-23(24)25)27(38)37-19-11-17-31(21-37,29(40)36(5)35(3)4)20-22-12-7-6-8-13-22/h6-10,12-16,18,24,26,33H,11,17,19-21,32H2,1-5H3,(H,34,39)/t24?,26-,31-/m1/s1.